The quantitative estimate of drug-likeness (QED) is 0.627. The van der Waals surface area contributed by atoms with Gasteiger partial charge in [-0.25, -0.2) is 0 Å². The monoisotopic (exact) mass is 330 g/mol. The number of rotatable bonds is 1. The zero-order valence-corrected chi connectivity index (χ0v) is 15.4. The molecule has 2 atom stereocenters. The van der Waals surface area contributed by atoms with Crippen LogP contribution in [0.25, 0.3) is 10.9 Å². The van der Waals surface area contributed by atoms with Crippen LogP contribution in [-0.4, -0.2) is 23.1 Å². The number of nitrogens with zero attached hydrogens (tertiary/aromatic N) is 2. The van der Waals surface area contributed by atoms with Gasteiger partial charge in [0.25, 0.3) is 0 Å². The van der Waals surface area contributed by atoms with Gasteiger partial charge in [0.2, 0.25) is 0 Å². The highest BCUT2D eigenvalue weighted by Gasteiger charge is 2.33. The van der Waals surface area contributed by atoms with E-state index in [4.69, 9.17) is 0 Å². The Morgan fingerprint density at radius 2 is 1.88 bits per heavy atom. The Morgan fingerprint density at radius 3 is 2.68 bits per heavy atom. The second kappa shape index (κ2) is 5.47. The predicted molar refractivity (Wildman–Crippen MR) is 104 cm³/mol. The number of hydrogen-bond donors (Lipinski definition) is 0. The summed E-state index contributed by atoms with van der Waals surface area (Å²) in [5.74, 6) is 1.13. The molecule has 2 aliphatic rings. The lowest BCUT2D eigenvalue weighted by molar-refractivity contribution is 0.305. The lowest BCUT2D eigenvalue weighted by atomic mass is 9.78. The van der Waals surface area contributed by atoms with Crippen LogP contribution in [0, 0.1) is 12.8 Å². The van der Waals surface area contributed by atoms with Crippen LogP contribution >= 0.6 is 0 Å². The van der Waals surface area contributed by atoms with E-state index in [1.165, 1.54) is 40.6 Å². The van der Waals surface area contributed by atoms with Crippen molar-refractivity contribution in [1.29, 1.82) is 0 Å². The van der Waals surface area contributed by atoms with Gasteiger partial charge in [-0.2, -0.15) is 0 Å². The summed E-state index contributed by atoms with van der Waals surface area (Å²) in [5, 5.41) is 1.50. The molecule has 0 saturated heterocycles. The first-order valence-corrected chi connectivity index (χ1v) is 9.51. The Labute approximate surface area is 150 Å². The third kappa shape index (κ3) is 2.20. The highest BCUT2D eigenvalue weighted by molar-refractivity contribution is 5.90. The number of hydrogen-bond acceptors (Lipinski definition) is 1. The van der Waals surface area contributed by atoms with Crippen molar-refractivity contribution in [3.63, 3.8) is 0 Å². The van der Waals surface area contributed by atoms with E-state index >= 15 is 0 Å². The van der Waals surface area contributed by atoms with E-state index in [0.717, 1.165) is 13.1 Å². The summed E-state index contributed by atoms with van der Waals surface area (Å²) in [6.45, 7) is 8.09. The second-order valence-electron chi connectivity index (χ2n) is 8.14. The topological polar surface area (TPSA) is 8.17 Å². The minimum atomic E-state index is 0.505. The third-order valence-corrected chi connectivity index (χ3v) is 6.24. The molecule has 0 fully saturated rings. The van der Waals surface area contributed by atoms with Gasteiger partial charge in [-0.3, -0.25) is 0 Å². The van der Waals surface area contributed by atoms with Crippen molar-refractivity contribution in [1.82, 2.24) is 9.47 Å². The van der Waals surface area contributed by atoms with Crippen molar-refractivity contribution < 1.29 is 0 Å². The van der Waals surface area contributed by atoms with E-state index in [9.17, 15) is 0 Å². The molecule has 25 heavy (non-hydrogen) atoms. The molecule has 2 nitrogen and oxygen atoms in total. The molecule has 2 aromatic carbocycles. The van der Waals surface area contributed by atoms with Crippen molar-refractivity contribution in [2.45, 2.75) is 39.3 Å². The molecule has 0 bridgehead atoms. The Kier molecular flexibility index (Phi) is 3.33. The second-order valence-corrected chi connectivity index (χ2v) is 8.14. The van der Waals surface area contributed by atoms with Crippen LogP contribution in [0.15, 0.2) is 42.5 Å². The average Bonchev–Trinajstić information content (AvgIpc) is 2.89. The summed E-state index contributed by atoms with van der Waals surface area (Å²) in [7, 11) is 2.25. The third-order valence-electron chi connectivity index (χ3n) is 6.24. The smallest absolute Gasteiger partial charge is 0.0525 e. The van der Waals surface area contributed by atoms with E-state index in [1.54, 1.807) is 11.3 Å². The SMILES string of the molecule is Cc1cc2c3c(c1)c1c(n3CC(C)C2c2ccccc2)CCN(C)C1. The van der Waals surface area contributed by atoms with Gasteiger partial charge in [0.05, 0.1) is 5.52 Å². The summed E-state index contributed by atoms with van der Waals surface area (Å²) < 4.78 is 2.66. The van der Waals surface area contributed by atoms with Gasteiger partial charge in [0, 0.05) is 43.1 Å². The molecule has 3 heterocycles. The van der Waals surface area contributed by atoms with Gasteiger partial charge in [-0.1, -0.05) is 48.9 Å². The van der Waals surface area contributed by atoms with Gasteiger partial charge in [-0.15, -0.1) is 0 Å². The average molecular weight is 330 g/mol. The Hall–Kier alpha value is -2.06. The molecule has 3 aromatic rings. The van der Waals surface area contributed by atoms with Gasteiger partial charge in [-0.05, 0) is 42.6 Å². The van der Waals surface area contributed by atoms with Crippen LogP contribution in [0.1, 0.15) is 40.8 Å². The van der Waals surface area contributed by atoms with Gasteiger partial charge in [0.1, 0.15) is 0 Å². The van der Waals surface area contributed by atoms with Crippen molar-refractivity contribution in [2.24, 2.45) is 5.92 Å². The van der Waals surface area contributed by atoms with E-state index in [-0.39, 0.29) is 0 Å². The normalized spacial score (nSPS) is 23.0. The minimum absolute atomic E-state index is 0.505. The van der Waals surface area contributed by atoms with E-state index < -0.39 is 0 Å². The van der Waals surface area contributed by atoms with Crippen molar-refractivity contribution >= 4 is 10.9 Å². The first kappa shape index (κ1) is 15.2. The van der Waals surface area contributed by atoms with Crippen molar-refractivity contribution in [3.8, 4) is 0 Å². The molecular weight excluding hydrogens is 304 g/mol. The lowest BCUT2D eigenvalue weighted by Crippen LogP contribution is -2.29. The summed E-state index contributed by atoms with van der Waals surface area (Å²) in [6.07, 6.45) is 1.18. The molecule has 0 saturated carbocycles. The molecule has 2 heteroatoms. The molecule has 1 aromatic heterocycles. The van der Waals surface area contributed by atoms with E-state index in [2.05, 4.69) is 72.8 Å². The fraction of sp³-hybridized carbons (Fsp3) is 0.391. The van der Waals surface area contributed by atoms with Gasteiger partial charge >= 0.3 is 0 Å². The van der Waals surface area contributed by atoms with Crippen molar-refractivity contribution in [2.75, 3.05) is 13.6 Å². The Balaban J connectivity index is 1.81. The highest BCUT2D eigenvalue weighted by Crippen LogP contribution is 2.45. The maximum atomic E-state index is 2.66. The van der Waals surface area contributed by atoms with Crippen LogP contribution in [-0.2, 0) is 19.5 Å². The molecule has 0 N–H and O–H groups in total. The first-order chi connectivity index (χ1) is 12.1. The van der Waals surface area contributed by atoms with Crippen LogP contribution in [0.2, 0.25) is 0 Å². The van der Waals surface area contributed by atoms with Gasteiger partial charge < -0.3 is 9.47 Å². The van der Waals surface area contributed by atoms with Crippen LogP contribution in [0.4, 0.5) is 0 Å². The largest absolute Gasteiger partial charge is 0.344 e. The maximum Gasteiger partial charge on any atom is 0.0525 e. The number of aromatic nitrogens is 1. The zero-order chi connectivity index (χ0) is 17.1. The highest BCUT2D eigenvalue weighted by atomic mass is 15.1. The van der Waals surface area contributed by atoms with Crippen molar-refractivity contribution in [3.05, 3.63) is 70.4 Å². The summed E-state index contributed by atoms with van der Waals surface area (Å²) in [5.41, 5.74) is 9.08. The summed E-state index contributed by atoms with van der Waals surface area (Å²) >= 11 is 0. The molecule has 0 spiro atoms. The molecule has 5 rings (SSSR count). The zero-order valence-electron chi connectivity index (χ0n) is 15.4. The van der Waals surface area contributed by atoms with Crippen LogP contribution in [0.5, 0.6) is 0 Å². The molecule has 0 aliphatic carbocycles. The maximum absolute atomic E-state index is 2.66. The number of fused-ring (bicyclic) bond motifs is 3. The number of aryl methyl sites for hydroxylation is 1. The Bertz CT molecular complexity index is 951. The van der Waals surface area contributed by atoms with E-state index in [1.807, 2.05) is 0 Å². The molecule has 2 aliphatic heterocycles. The summed E-state index contributed by atoms with van der Waals surface area (Å²) in [6, 6.07) is 16.0. The lowest BCUT2D eigenvalue weighted by Gasteiger charge is -2.33. The van der Waals surface area contributed by atoms with Crippen LogP contribution in [0.3, 0.4) is 0 Å². The molecular formula is C23H26N2. The standard InChI is InChI=1S/C23H26N2/c1-15-11-18-20-14-24(3)10-9-21(20)25-13-16(2)22(19(12-15)23(18)25)17-7-5-4-6-8-17/h4-8,11-12,16,22H,9-10,13-14H2,1-3H3. The fourth-order valence-corrected chi connectivity index (χ4v) is 5.21. The summed E-state index contributed by atoms with van der Waals surface area (Å²) in [4.78, 5) is 2.46. The minimum Gasteiger partial charge on any atom is -0.344 e. The Morgan fingerprint density at radius 1 is 1.08 bits per heavy atom. The van der Waals surface area contributed by atoms with E-state index in [0.29, 0.717) is 11.8 Å². The molecule has 0 amide bonds. The molecule has 128 valence electrons. The van der Waals surface area contributed by atoms with Crippen LogP contribution < -0.4 is 0 Å². The fourth-order valence-electron chi connectivity index (χ4n) is 5.21. The molecule has 0 radical (unpaired) electrons. The predicted octanol–water partition coefficient (Wildman–Crippen LogP) is 4.72. The first-order valence-electron chi connectivity index (χ1n) is 9.51. The molecule has 2 unspecified atom stereocenters. The number of likely N-dealkylation sites (N-methyl/N-ethyl adjacent to an activating group) is 1. The number of benzene rings is 2. The van der Waals surface area contributed by atoms with Gasteiger partial charge in [0.15, 0.2) is 0 Å².